The molecule has 0 bridgehead atoms. The van der Waals surface area contributed by atoms with Crippen LogP contribution in [-0.4, -0.2) is 49.0 Å². The molecule has 146 valence electrons. The zero-order chi connectivity index (χ0) is 19.0. The molecule has 0 radical (unpaired) electrons. The summed E-state index contributed by atoms with van der Waals surface area (Å²) >= 11 is 5.74. The first-order valence-corrected chi connectivity index (χ1v) is 10.9. The van der Waals surface area contributed by atoms with Crippen molar-refractivity contribution < 1.29 is 17.3 Å². The van der Waals surface area contributed by atoms with E-state index in [1.807, 2.05) is 0 Å². The number of nitrogens with zero attached hydrogens (tertiary/aromatic N) is 3. The van der Waals surface area contributed by atoms with E-state index in [0.717, 1.165) is 43.2 Å². The molecule has 4 rings (SSSR count). The lowest BCUT2D eigenvalue weighted by Gasteiger charge is -2.33. The molecule has 0 amide bonds. The van der Waals surface area contributed by atoms with E-state index in [0.29, 0.717) is 32.7 Å². The van der Waals surface area contributed by atoms with Crippen LogP contribution >= 0.6 is 11.6 Å². The van der Waals surface area contributed by atoms with E-state index in [1.54, 1.807) is 0 Å². The van der Waals surface area contributed by atoms with Gasteiger partial charge in [0.05, 0.1) is 9.92 Å². The number of benzene rings is 1. The number of hydrogen-bond donors (Lipinski definition) is 0. The van der Waals surface area contributed by atoms with Crippen LogP contribution in [0, 0.1) is 5.82 Å². The second kappa shape index (κ2) is 7.50. The summed E-state index contributed by atoms with van der Waals surface area (Å²) in [7, 11) is -3.68. The Morgan fingerprint density at radius 2 is 1.89 bits per heavy atom. The van der Waals surface area contributed by atoms with Gasteiger partial charge in [0.1, 0.15) is 17.3 Å². The van der Waals surface area contributed by atoms with Crippen LogP contribution in [-0.2, 0) is 29.4 Å². The van der Waals surface area contributed by atoms with Gasteiger partial charge in [-0.15, -0.1) is 0 Å². The number of fused-ring (bicyclic) bond motifs is 1. The standard InChI is InChI=1S/C18H21ClFN3O3S/c19-15-11-13(5-6-16(15)20)27(24,25)23-9-7-22(8-10-23)12-17-14-3-1-2-4-18(14)26-21-17/h5-6,11H,1-4,7-10,12H2. The van der Waals surface area contributed by atoms with Gasteiger partial charge in [0.25, 0.3) is 0 Å². The van der Waals surface area contributed by atoms with Crippen molar-refractivity contribution in [3.63, 3.8) is 0 Å². The first-order valence-electron chi connectivity index (χ1n) is 9.09. The predicted octanol–water partition coefficient (Wildman–Crippen LogP) is 2.85. The van der Waals surface area contributed by atoms with Crippen LogP contribution in [0.4, 0.5) is 4.39 Å². The fourth-order valence-electron chi connectivity index (χ4n) is 3.70. The van der Waals surface area contributed by atoms with E-state index in [9.17, 15) is 12.8 Å². The van der Waals surface area contributed by atoms with Crippen LogP contribution < -0.4 is 0 Å². The molecule has 6 nitrogen and oxygen atoms in total. The van der Waals surface area contributed by atoms with Crippen molar-refractivity contribution >= 4 is 21.6 Å². The summed E-state index contributed by atoms with van der Waals surface area (Å²) < 4.78 is 45.7. The first kappa shape index (κ1) is 18.9. The fourth-order valence-corrected chi connectivity index (χ4v) is 5.39. The van der Waals surface area contributed by atoms with E-state index in [2.05, 4.69) is 10.1 Å². The quantitative estimate of drug-likeness (QED) is 0.771. The lowest BCUT2D eigenvalue weighted by Crippen LogP contribution is -2.48. The Bertz CT molecular complexity index is 939. The third-order valence-corrected chi connectivity index (χ3v) is 7.45. The van der Waals surface area contributed by atoms with Gasteiger partial charge in [0, 0.05) is 44.7 Å². The van der Waals surface area contributed by atoms with Crippen LogP contribution in [0.25, 0.3) is 0 Å². The van der Waals surface area contributed by atoms with Crippen LogP contribution in [0.1, 0.15) is 29.9 Å². The molecule has 0 atom stereocenters. The molecule has 1 aliphatic carbocycles. The minimum Gasteiger partial charge on any atom is -0.361 e. The van der Waals surface area contributed by atoms with Crippen molar-refractivity contribution in [1.82, 2.24) is 14.4 Å². The average Bonchev–Trinajstić information content (AvgIpc) is 3.07. The lowest BCUT2D eigenvalue weighted by atomic mass is 9.96. The second-order valence-corrected chi connectivity index (χ2v) is 9.34. The fraction of sp³-hybridized carbons (Fsp3) is 0.500. The molecule has 0 saturated carbocycles. The summed E-state index contributed by atoms with van der Waals surface area (Å²) in [4.78, 5) is 2.21. The van der Waals surface area contributed by atoms with Crippen molar-refractivity contribution in [2.45, 2.75) is 37.1 Å². The van der Waals surface area contributed by atoms with E-state index in [-0.39, 0.29) is 9.92 Å². The van der Waals surface area contributed by atoms with Gasteiger partial charge >= 0.3 is 0 Å². The normalized spacial score (nSPS) is 19.2. The summed E-state index contributed by atoms with van der Waals surface area (Å²) in [5.41, 5.74) is 2.21. The average molecular weight is 414 g/mol. The Balaban J connectivity index is 1.41. The van der Waals surface area contributed by atoms with Gasteiger partial charge < -0.3 is 4.52 Å². The molecule has 2 aromatic rings. The topological polar surface area (TPSA) is 66.7 Å². The van der Waals surface area contributed by atoms with Crippen LogP contribution in [0.5, 0.6) is 0 Å². The summed E-state index contributed by atoms with van der Waals surface area (Å²) in [6.07, 6.45) is 4.27. The Hall–Kier alpha value is -1.48. The predicted molar refractivity (Wildman–Crippen MR) is 98.6 cm³/mol. The van der Waals surface area contributed by atoms with Crippen molar-refractivity contribution in [2.75, 3.05) is 26.2 Å². The third-order valence-electron chi connectivity index (χ3n) is 5.27. The summed E-state index contributed by atoms with van der Waals surface area (Å²) in [5.74, 6) is 0.377. The maximum absolute atomic E-state index is 13.3. The number of halogens is 2. The Morgan fingerprint density at radius 1 is 1.15 bits per heavy atom. The van der Waals surface area contributed by atoms with Crippen molar-refractivity contribution in [3.05, 3.63) is 46.1 Å². The smallest absolute Gasteiger partial charge is 0.243 e. The Morgan fingerprint density at radius 3 is 2.63 bits per heavy atom. The summed E-state index contributed by atoms with van der Waals surface area (Å²) in [5, 5.41) is 4.04. The number of aromatic nitrogens is 1. The molecule has 0 spiro atoms. The van der Waals surface area contributed by atoms with E-state index >= 15 is 0 Å². The maximum atomic E-state index is 13.3. The molecule has 2 aliphatic rings. The highest BCUT2D eigenvalue weighted by atomic mass is 35.5. The van der Waals surface area contributed by atoms with Gasteiger partial charge in [-0.1, -0.05) is 16.8 Å². The lowest BCUT2D eigenvalue weighted by molar-refractivity contribution is 0.177. The van der Waals surface area contributed by atoms with Crippen molar-refractivity contribution in [3.8, 4) is 0 Å². The number of piperazine rings is 1. The Kier molecular flexibility index (Phi) is 5.24. The molecular formula is C18H21ClFN3O3S. The molecule has 1 aromatic heterocycles. The molecule has 1 aromatic carbocycles. The molecule has 9 heteroatoms. The number of rotatable bonds is 4. The molecular weight excluding hydrogens is 393 g/mol. The second-order valence-electron chi connectivity index (χ2n) is 6.99. The van der Waals surface area contributed by atoms with Gasteiger partial charge in [0.15, 0.2) is 0 Å². The molecule has 2 heterocycles. The highest BCUT2D eigenvalue weighted by molar-refractivity contribution is 7.89. The molecule has 0 unspecified atom stereocenters. The summed E-state index contributed by atoms with van der Waals surface area (Å²) in [6, 6.07) is 3.50. The minimum absolute atomic E-state index is 0.0212. The number of aryl methyl sites for hydroxylation is 1. The van der Waals surface area contributed by atoms with E-state index in [1.165, 1.54) is 22.0 Å². The molecule has 27 heavy (non-hydrogen) atoms. The van der Waals surface area contributed by atoms with Crippen molar-refractivity contribution in [1.29, 1.82) is 0 Å². The minimum atomic E-state index is -3.68. The van der Waals surface area contributed by atoms with Gasteiger partial charge in [-0.25, -0.2) is 12.8 Å². The largest absolute Gasteiger partial charge is 0.361 e. The van der Waals surface area contributed by atoms with Gasteiger partial charge in [-0.05, 0) is 37.5 Å². The van der Waals surface area contributed by atoms with Crippen LogP contribution in [0.3, 0.4) is 0 Å². The van der Waals surface area contributed by atoms with Gasteiger partial charge in [-0.2, -0.15) is 4.31 Å². The van der Waals surface area contributed by atoms with E-state index < -0.39 is 15.8 Å². The monoisotopic (exact) mass is 413 g/mol. The van der Waals surface area contributed by atoms with E-state index in [4.69, 9.17) is 16.1 Å². The highest BCUT2D eigenvalue weighted by Gasteiger charge is 2.30. The maximum Gasteiger partial charge on any atom is 0.243 e. The number of hydrogen-bond acceptors (Lipinski definition) is 5. The highest BCUT2D eigenvalue weighted by Crippen LogP contribution is 2.26. The molecule has 0 N–H and O–H groups in total. The van der Waals surface area contributed by atoms with Gasteiger partial charge in [0.2, 0.25) is 10.0 Å². The van der Waals surface area contributed by atoms with Crippen molar-refractivity contribution in [2.24, 2.45) is 0 Å². The molecule has 1 aliphatic heterocycles. The zero-order valence-electron chi connectivity index (χ0n) is 14.8. The number of sulfonamides is 1. The zero-order valence-corrected chi connectivity index (χ0v) is 16.4. The SMILES string of the molecule is O=S(=O)(c1ccc(F)c(Cl)c1)N1CCN(Cc2noc3c2CCCC3)CC1. The van der Waals surface area contributed by atoms with Gasteiger partial charge in [-0.3, -0.25) is 4.90 Å². The van der Waals surface area contributed by atoms with Crippen LogP contribution in [0.2, 0.25) is 5.02 Å². The first-order chi connectivity index (χ1) is 12.9. The third kappa shape index (κ3) is 3.76. The Labute approximate surface area is 162 Å². The molecule has 1 saturated heterocycles. The van der Waals surface area contributed by atoms with Crippen LogP contribution in [0.15, 0.2) is 27.6 Å². The summed E-state index contributed by atoms with van der Waals surface area (Å²) in [6.45, 7) is 2.63. The molecule has 1 fully saturated rings.